The molecule has 1 rings (SSSR count). The summed E-state index contributed by atoms with van der Waals surface area (Å²) in [6, 6.07) is 0. The molecule has 0 aliphatic rings. The molecule has 0 saturated heterocycles. The van der Waals surface area contributed by atoms with Gasteiger partial charge in [-0.15, -0.1) is 11.3 Å². The van der Waals surface area contributed by atoms with E-state index in [1.807, 2.05) is 6.92 Å². The topological polar surface area (TPSA) is 42.4 Å². The maximum Gasteiger partial charge on any atom is 0.320 e. The fourth-order valence-electron chi connectivity index (χ4n) is 1.90. The number of carbonyl (C=O) groups excluding carboxylic acids is 1. The van der Waals surface area contributed by atoms with Gasteiger partial charge in [0.2, 0.25) is 0 Å². The molecular formula is C14H24N2O2S. The molecule has 0 aliphatic heterocycles. The molecule has 0 N–H and O–H groups in total. The number of hydrogen-bond acceptors (Lipinski definition) is 5. The summed E-state index contributed by atoms with van der Waals surface area (Å²) in [6.45, 7) is 8.51. The number of thiazole rings is 1. The summed E-state index contributed by atoms with van der Waals surface area (Å²) < 4.78 is 5.00. The van der Waals surface area contributed by atoms with Gasteiger partial charge >= 0.3 is 5.97 Å². The Balaban J connectivity index is 2.53. The van der Waals surface area contributed by atoms with Gasteiger partial charge < -0.3 is 4.74 Å². The molecule has 0 radical (unpaired) electrons. The molecule has 0 saturated carbocycles. The standard InChI is InChI=1S/C14H24N2O2S/c1-4-7-13-15-12(11-19-13)9-16(8-5-2)10-14(17)18-6-3/h11H,4-10H2,1-3H3. The molecule has 0 aliphatic carbocycles. The third-order valence-corrected chi connectivity index (χ3v) is 3.60. The summed E-state index contributed by atoms with van der Waals surface area (Å²) in [6.07, 6.45) is 3.18. The largest absolute Gasteiger partial charge is 0.465 e. The Kier molecular flexibility index (Phi) is 7.67. The molecule has 0 atom stereocenters. The fraction of sp³-hybridized carbons (Fsp3) is 0.714. The molecule has 0 aromatic carbocycles. The summed E-state index contributed by atoms with van der Waals surface area (Å²) in [7, 11) is 0. The Hall–Kier alpha value is -0.940. The van der Waals surface area contributed by atoms with E-state index in [9.17, 15) is 4.79 Å². The first-order chi connectivity index (χ1) is 9.19. The maximum atomic E-state index is 11.5. The van der Waals surface area contributed by atoms with E-state index in [1.165, 1.54) is 5.01 Å². The molecule has 0 spiro atoms. The highest BCUT2D eigenvalue weighted by atomic mass is 32.1. The van der Waals surface area contributed by atoms with Crippen molar-refractivity contribution in [1.82, 2.24) is 9.88 Å². The molecule has 0 bridgehead atoms. The lowest BCUT2D eigenvalue weighted by molar-refractivity contribution is -0.144. The van der Waals surface area contributed by atoms with Crippen molar-refractivity contribution in [3.8, 4) is 0 Å². The van der Waals surface area contributed by atoms with Gasteiger partial charge in [0, 0.05) is 11.9 Å². The van der Waals surface area contributed by atoms with E-state index in [1.54, 1.807) is 11.3 Å². The molecule has 1 aromatic heterocycles. The zero-order chi connectivity index (χ0) is 14.1. The quantitative estimate of drug-likeness (QED) is 0.654. The Morgan fingerprint density at radius 1 is 1.37 bits per heavy atom. The third-order valence-electron chi connectivity index (χ3n) is 2.65. The molecule has 1 aromatic rings. The number of hydrogen-bond donors (Lipinski definition) is 0. The highest BCUT2D eigenvalue weighted by molar-refractivity contribution is 7.09. The van der Waals surface area contributed by atoms with Gasteiger partial charge in [-0.2, -0.15) is 0 Å². The average molecular weight is 284 g/mol. The van der Waals surface area contributed by atoms with Crippen LogP contribution in [0.4, 0.5) is 0 Å². The van der Waals surface area contributed by atoms with Crippen molar-refractivity contribution in [2.75, 3.05) is 19.7 Å². The van der Waals surface area contributed by atoms with Gasteiger partial charge in [0.05, 0.1) is 23.9 Å². The number of aromatic nitrogens is 1. The predicted molar refractivity (Wildman–Crippen MR) is 78.3 cm³/mol. The Labute approximate surface area is 119 Å². The molecule has 0 amide bonds. The monoisotopic (exact) mass is 284 g/mol. The van der Waals surface area contributed by atoms with Gasteiger partial charge in [-0.1, -0.05) is 13.8 Å². The van der Waals surface area contributed by atoms with E-state index in [4.69, 9.17) is 4.74 Å². The SMILES string of the molecule is CCCc1nc(CN(CCC)CC(=O)OCC)cs1. The van der Waals surface area contributed by atoms with Crippen molar-refractivity contribution in [3.05, 3.63) is 16.1 Å². The number of esters is 1. The fourth-order valence-corrected chi connectivity index (χ4v) is 2.79. The number of ether oxygens (including phenoxy) is 1. The second kappa shape index (κ2) is 9.04. The minimum Gasteiger partial charge on any atom is -0.465 e. The zero-order valence-corrected chi connectivity index (χ0v) is 13.0. The van der Waals surface area contributed by atoms with Crippen LogP contribution < -0.4 is 0 Å². The van der Waals surface area contributed by atoms with Crippen LogP contribution >= 0.6 is 11.3 Å². The van der Waals surface area contributed by atoms with Crippen LogP contribution in [-0.4, -0.2) is 35.5 Å². The first-order valence-corrected chi connectivity index (χ1v) is 7.88. The average Bonchev–Trinajstić information content (AvgIpc) is 2.77. The lowest BCUT2D eigenvalue weighted by atomic mass is 10.3. The van der Waals surface area contributed by atoms with Crippen molar-refractivity contribution in [3.63, 3.8) is 0 Å². The third kappa shape index (κ3) is 6.16. The summed E-state index contributed by atoms with van der Waals surface area (Å²) in [5.41, 5.74) is 1.06. The second-order valence-corrected chi connectivity index (χ2v) is 5.44. The normalized spacial score (nSPS) is 10.9. The van der Waals surface area contributed by atoms with E-state index < -0.39 is 0 Å². The number of rotatable bonds is 9. The smallest absolute Gasteiger partial charge is 0.320 e. The molecule has 0 unspecified atom stereocenters. The summed E-state index contributed by atoms with van der Waals surface area (Å²) in [5.74, 6) is -0.153. The molecule has 1 heterocycles. The summed E-state index contributed by atoms with van der Waals surface area (Å²) in [4.78, 5) is 18.2. The van der Waals surface area contributed by atoms with Crippen molar-refractivity contribution >= 4 is 17.3 Å². The highest BCUT2D eigenvalue weighted by Crippen LogP contribution is 2.13. The van der Waals surface area contributed by atoms with Gasteiger partial charge in [0.15, 0.2) is 0 Å². The van der Waals surface area contributed by atoms with Gasteiger partial charge in [0.1, 0.15) is 0 Å². The van der Waals surface area contributed by atoms with Crippen molar-refractivity contribution < 1.29 is 9.53 Å². The van der Waals surface area contributed by atoms with Gasteiger partial charge in [-0.05, 0) is 32.7 Å². The van der Waals surface area contributed by atoms with Crippen LogP contribution in [-0.2, 0) is 22.5 Å². The summed E-state index contributed by atoms with van der Waals surface area (Å²) in [5, 5.41) is 3.28. The van der Waals surface area contributed by atoms with Crippen molar-refractivity contribution in [2.45, 2.75) is 46.6 Å². The number of nitrogens with zero attached hydrogens (tertiary/aromatic N) is 2. The van der Waals surface area contributed by atoms with Gasteiger partial charge in [-0.25, -0.2) is 4.98 Å². The Morgan fingerprint density at radius 2 is 2.16 bits per heavy atom. The second-order valence-electron chi connectivity index (χ2n) is 4.50. The first-order valence-electron chi connectivity index (χ1n) is 7.00. The molecular weight excluding hydrogens is 260 g/mol. The minimum absolute atomic E-state index is 0.153. The molecule has 0 fully saturated rings. The minimum atomic E-state index is -0.153. The molecule has 19 heavy (non-hydrogen) atoms. The van der Waals surface area contributed by atoms with Crippen LogP contribution in [0.15, 0.2) is 5.38 Å². The Morgan fingerprint density at radius 3 is 2.79 bits per heavy atom. The zero-order valence-electron chi connectivity index (χ0n) is 12.1. The van der Waals surface area contributed by atoms with Gasteiger partial charge in [-0.3, -0.25) is 9.69 Å². The van der Waals surface area contributed by atoms with E-state index in [-0.39, 0.29) is 5.97 Å². The maximum absolute atomic E-state index is 11.5. The highest BCUT2D eigenvalue weighted by Gasteiger charge is 2.13. The van der Waals surface area contributed by atoms with Crippen molar-refractivity contribution in [1.29, 1.82) is 0 Å². The van der Waals surface area contributed by atoms with E-state index in [2.05, 4.69) is 29.1 Å². The predicted octanol–water partition coefficient (Wildman–Crippen LogP) is 2.87. The van der Waals surface area contributed by atoms with E-state index >= 15 is 0 Å². The van der Waals surface area contributed by atoms with Crippen molar-refractivity contribution in [2.24, 2.45) is 0 Å². The van der Waals surface area contributed by atoms with Crippen LogP contribution in [0.1, 0.15) is 44.3 Å². The molecule has 5 heteroatoms. The lowest BCUT2D eigenvalue weighted by Crippen LogP contribution is -2.31. The van der Waals surface area contributed by atoms with Crippen LogP contribution in [0.2, 0.25) is 0 Å². The number of aryl methyl sites for hydroxylation is 1. The van der Waals surface area contributed by atoms with Crippen LogP contribution in [0.5, 0.6) is 0 Å². The lowest BCUT2D eigenvalue weighted by Gasteiger charge is -2.19. The van der Waals surface area contributed by atoms with Crippen LogP contribution in [0.25, 0.3) is 0 Å². The first kappa shape index (κ1) is 16.1. The van der Waals surface area contributed by atoms with Gasteiger partial charge in [0.25, 0.3) is 0 Å². The molecule has 4 nitrogen and oxygen atoms in total. The van der Waals surface area contributed by atoms with E-state index in [0.29, 0.717) is 13.2 Å². The summed E-state index contributed by atoms with van der Waals surface area (Å²) >= 11 is 1.71. The van der Waals surface area contributed by atoms with Crippen LogP contribution in [0, 0.1) is 0 Å². The van der Waals surface area contributed by atoms with Crippen LogP contribution in [0.3, 0.4) is 0 Å². The van der Waals surface area contributed by atoms with E-state index in [0.717, 1.165) is 38.0 Å². The molecule has 108 valence electrons. The Bertz CT molecular complexity index is 379. The number of carbonyl (C=O) groups is 1.